The lowest BCUT2D eigenvalue weighted by Gasteiger charge is -2.12. The van der Waals surface area contributed by atoms with Gasteiger partial charge in [-0.2, -0.15) is 0 Å². The molecule has 0 aliphatic rings. The summed E-state index contributed by atoms with van der Waals surface area (Å²) in [6, 6.07) is 6.71. The Kier molecular flexibility index (Phi) is 6.40. The van der Waals surface area contributed by atoms with Gasteiger partial charge >= 0.3 is 0 Å². The summed E-state index contributed by atoms with van der Waals surface area (Å²) in [4.78, 5) is 0. The van der Waals surface area contributed by atoms with E-state index in [9.17, 15) is 0 Å². The molecule has 0 aliphatic carbocycles. The van der Waals surface area contributed by atoms with Crippen molar-refractivity contribution in [2.45, 2.75) is 39.2 Å². The second-order valence-corrected chi connectivity index (χ2v) is 5.41. The van der Waals surface area contributed by atoms with E-state index in [1.807, 2.05) is 6.07 Å². The predicted molar refractivity (Wildman–Crippen MR) is 75.2 cm³/mol. The molecule has 1 N–H and O–H groups in total. The summed E-state index contributed by atoms with van der Waals surface area (Å²) in [5.74, 6) is 0. The maximum absolute atomic E-state index is 6.16. The Morgan fingerprint density at radius 3 is 2.81 bits per heavy atom. The van der Waals surface area contributed by atoms with E-state index in [2.05, 4.69) is 47.2 Å². The van der Waals surface area contributed by atoms with Crippen molar-refractivity contribution in [3.63, 3.8) is 0 Å². The molecule has 0 saturated carbocycles. The molecule has 0 radical (unpaired) electrons. The quantitative estimate of drug-likeness (QED) is 0.820. The van der Waals surface area contributed by atoms with E-state index >= 15 is 0 Å². The molecule has 1 aromatic rings. The molecule has 0 aliphatic heterocycles. The highest BCUT2D eigenvalue weighted by molar-refractivity contribution is 9.10. The van der Waals surface area contributed by atoms with Gasteiger partial charge in [-0.3, -0.25) is 0 Å². The first-order valence-corrected chi connectivity index (χ1v) is 6.98. The number of aryl methyl sites for hydroxylation is 1. The van der Waals surface area contributed by atoms with Crippen molar-refractivity contribution in [2.24, 2.45) is 0 Å². The van der Waals surface area contributed by atoms with Gasteiger partial charge in [0, 0.05) is 15.5 Å². The number of rotatable bonds is 6. The Hall–Kier alpha value is -0.0500. The fourth-order valence-electron chi connectivity index (χ4n) is 1.77. The van der Waals surface area contributed by atoms with Gasteiger partial charge < -0.3 is 5.32 Å². The zero-order chi connectivity index (χ0) is 12.0. The minimum atomic E-state index is 0.597. The third-order valence-corrected chi connectivity index (χ3v) is 3.50. The van der Waals surface area contributed by atoms with E-state index in [-0.39, 0.29) is 0 Å². The van der Waals surface area contributed by atoms with Crippen LogP contribution in [0.25, 0.3) is 0 Å². The molecular formula is C13H19BrClN. The largest absolute Gasteiger partial charge is 0.315 e. The van der Waals surface area contributed by atoms with Gasteiger partial charge in [0.15, 0.2) is 0 Å². The lowest BCUT2D eigenvalue weighted by atomic mass is 10.1. The van der Waals surface area contributed by atoms with Crippen molar-refractivity contribution >= 4 is 27.5 Å². The standard InChI is InChI=1S/C13H19BrClN/c1-3-16-10(2)5-4-6-11-7-8-12(14)9-13(11)15/h7-10,16H,3-6H2,1-2H3. The summed E-state index contributed by atoms with van der Waals surface area (Å²) < 4.78 is 1.04. The Labute approximate surface area is 112 Å². The van der Waals surface area contributed by atoms with Gasteiger partial charge in [0.05, 0.1) is 0 Å². The van der Waals surface area contributed by atoms with Crippen molar-refractivity contribution in [2.75, 3.05) is 6.54 Å². The number of benzene rings is 1. The van der Waals surface area contributed by atoms with Crippen LogP contribution in [0, 0.1) is 0 Å². The van der Waals surface area contributed by atoms with Gasteiger partial charge in [0.25, 0.3) is 0 Å². The zero-order valence-corrected chi connectivity index (χ0v) is 12.2. The highest BCUT2D eigenvalue weighted by Crippen LogP contribution is 2.22. The van der Waals surface area contributed by atoms with Gasteiger partial charge in [0.2, 0.25) is 0 Å². The van der Waals surface area contributed by atoms with E-state index in [0.717, 1.165) is 22.5 Å². The average molecular weight is 305 g/mol. The predicted octanol–water partition coefficient (Wildman–Crippen LogP) is 4.42. The molecule has 1 rings (SSSR count). The molecular weight excluding hydrogens is 286 g/mol. The summed E-state index contributed by atoms with van der Waals surface area (Å²) in [5, 5.41) is 4.28. The number of hydrogen-bond acceptors (Lipinski definition) is 1. The molecule has 0 aromatic heterocycles. The van der Waals surface area contributed by atoms with Gasteiger partial charge in [0.1, 0.15) is 0 Å². The Morgan fingerprint density at radius 2 is 2.19 bits per heavy atom. The average Bonchev–Trinajstić information content (AvgIpc) is 2.22. The fraction of sp³-hybridized carbons (Fsp3) is 0.538. The van der Waals surface area contributed by atoms with Crippen LogP contribution in [-0.4, -0.2) is 12.6 Å². The Morgan fingerprint density at radius 1 is 1.44 bits per heavy atom. The molecule has 0 bridgehead atoms. The van der Waals surface area contributed by atoms with Crippen molar-refractivity contribution in [3.05, 3.63) is 33.3 Å². The summed E-state index contributed by atoms with van der Waals surface area (Å²) in [7, 11) is 0. The first-order chi connectivity index (χ1) is 7.63. The SMILES string of the molecule is CCNC(C)CCCc1ccc(Br)cc1Cl. The molecule has 0 spiro atoms. The normalized spacial score (nSPS) is 12.8. The molecule has 0 saturated heterocycles. The van der Waals surface area contributed by atoms with Crippen molar-refractivity contribution < 1.29 is 0 Å². The third kappa shape index (κ3) is 4.86. The van der Waals surface area contributed by atoms with E-state index in [4.69, 9.17) is 11.6 Å². The van der Waals surface area contributed by atoms with Gasteiger partial charge in [-0.05, 0) is 50.4 Å². The second-order valence-electron chi connectivity index (χ2n) is 4.09. The Balaban J connectivity index is 2.37. The molecule has 1 aromatic carbocycles. The summed E-state index contributed by atoms with van der Waals surface area (Å²) in [6.07, 6.45) is 3.43. The minimum Gasteiger partial charge on any atom is -0.315 e. The van der Waals surface area contributed by atoms with Crippen molar-refractivity contribution in [1.82, 2.24) is 5.32 Å². The molecule has 1 atom stereocenters. The highest BCUT2D eigenvalue weighted by atomic mass is 79.9. The molecule has 1 unspecified atom stereocenters. The molecule has 3 heteroatoms. The lowest BCUT2D eigenvalue weighted by Crippen LogP contribution is -2.25. The van der Waals surface area contributed by atoms with Crippen LogP contribution >= 0.6 is 27.5 Å². The molecule has 16 heavy (non-hydrogen) atoms. The van der Waals surface area contributed by atoms with Crippen LogP contribution in [0.5, 0.6) is 0 Å². The first kappa shape index (κ1) is 14.0. The van der Waals surface area contributed by atoms with Crippen LogP contribution in [0.3, 0.4) is 0 Å². The number of nitrogens with one attached hydrogen (secondary N) is 1. The summed E-state index contributed by atoms with van der Waals surface area (Å²) in [6.45, 7) is 5.41. The van der Waals surface area contributed by atoms with E-state index in [1.54, 1.807) is 0 Å². The van der Waals surface area contributed by atoms with Crippen LogP contribution in [0.2, 0.25) is 5.02 Å². The van der Waals surface area contributed by atoms with Crippen LogP contribution < -0.4 is 5.32 Å². The van der Waals surface area contributed by atoms with Crippen LogP contribution in [-0.2, 0) is 6.42 Å². The van der Waals surface area contributed by atoms with Crippen LogP contribution in [0.1, 0.15) is 32.3 Å². The smallest absolute Gasteiger partial charge is 0.0449 e. The maximum atomic E-state index is 6.16. The molecule has 0 heterocycles. The number of hydrogen-bond donors (Lipinski definition) is 1. The molecule has 1 nitrogen and oxygen atoms in total. The third-order valence-electron chi connectivity index (χ3n) is 2.65. The van der Waals surface area contributed by atoms with Gasteiger partial charge in [-0.1, -0.05) is 40.5 Å². The van der Waals surface area contributed by atoms with Gasteiger partial charge in [-0.15, -0.1) is 0 Å². The first-order valence-electron chi connectivity index (χ1n) is 5.80. The number of halogens is 2. The lowest BCUT2D eigenvalue weighted by molar-refractivity contribution is 0.512. The monoisotopic (exact) mass is 303 g/mol. The van der Waals surface area contributed by atoms with Crippen LogP contribution in [0.15, 0.2) is 22.7 Å². The second kappa shape index (κ2) is 7.31. The Bertz CT molecular complexity index is 328. The van der Waals surface area contributed by atoms with Crippen molar-refractivity contribution in [3.8, 4) is 0 Å². The summed E-state index contributed by atoms with van der Waals surface area (Å²) >= 11 is 9.57. The van der Waals surface area contributed by atoms with E-state index < -0.39 is 0 Å². The van der Waals surface area contributed by atoms with Crippen LogP contribution in [0.4, 0.5) is 0 Å². The van der Waals surface area contributed by atoms with E-state index in [0.29, 0.717) is 6.04 Å². The molecule has 90 valence electrons. The fourth-order valence-corrected chi connectivity index (χ4v) is 2.54. The molecule has 0 amide bonds. The van der Waals surface area contributed by atoms with Gasteiger partial charge in [-0.25, -0.2) is 0 Å². The molecule has 0 fully saturated rings. The maximum Gasteiger partial charge on any atom is 0.0449 e. The minimum absolute atomic E-state index is 0.597. The highest BCUT2D eigenvalue weighted by Gasteiger charge is 2.03. The topological polar surface area (TPSA) is 12.0 Å². The summed E-state index contributed by atoms with van der Waals surface area (Å²) in [5.41, 5.74) is 1.24. The van der Waals surface area contributed by atoms with Crippen molar-refractivity contribution in [1.29, 1.82) is 0 Å². The van der Waals surface area contributed by atoms with E-state index in [1.165, 1.54) is 18.4 Å². The zero-order valence-electron chi connectivity index (χ0n) is 9.89.